The van der Waals surface area contributed by atoms with Crippen LogP contribution in [0.4, 0.5) is 5.69 Å². The summed E-state index contributed by atoms with van der Waals surface area (Å²) in [5, 5.41) is 10.9. The van der Waals surface area contributed by atoms with E-state index in [1.165, 1.54) is 16.4 Å². The van der Waals surface area contributed by atoms with Crippen molar-refractivity contribution >= 4 is 38.9 Å². The highest BCUT2D eigenvalue weighted by atomic mass is 35.5. The van der Waals surface area contributed by atoms with Crippen molar-refractivity contribution in [2.45, 2.75) is 17.4 Å². The van der Waals surface area contributed by atoms with E-state index >= 15 is 0 Å². The number of hydrogen-bond acceptors (Lipinski definition) is 3. The van der Waals surface area contributed by atoms with Gasteiger partial charge in [-0.15, -0.1) is 0 Å². The fourth-order valence-corrected chi connectivity index (χ4v) is 4.53. The molecule has 0 aliphatic carbocycles. The molecule has 0 saturated carbocycles. The number of aliphatic hydroxyl groups excluding tert-OH is 1. The predicted octanol–water partition coefficient (Wildman–Crippen LogP) is 3.63. The largest absolute Gasteiger partial charge is 0.388 e. The number of benzene rings is 2. The first-order chi connectivity index (χ1) is 10.4. The van der Waals surface area contributed by atoms with Crippen LogP contribution in [0.15, 0.2) is 47.4 Å². The lowest BCUT2D eigenvalue weighted by molar-refractivity contribution is 0.166. The monoisotopic (exact) mass is 357 g/mol. The third-order valence-corrected chi connectivity index (χ3v) is 5.89. The van der Waals surface area contributed by atoms with Crippen LogP contribution in [-0.2, 0) is 10.0 Å². The first-order valence-electron chi connectivity index (χ1n) is 6.65. The van der Waals surface area contributed by atoms with E-state index in [0.717, 1.165) is 0 Å². The highest BCUT2D eigenvalue weighted by molar-refractivity contribution is 7.92. The van der Waals surface area contributed by atoms with Crippen molar-refractivity contribution in [1.29, 1.82) is 0 Å². The summed E-state index contributed by atoms with van der Waals surface area (Å²) in [5.41, 5.74) is 0.965. The third-order valence-electron chi connectivity index (χ3n) is 3.61. The van der Waals surface area contributed by atoms with Gasteiger partial charge in [0.05, 0.1) is 16.7 Å². The van der Waals surface area contributed by atoms with Gasteiger partial charge < -0.3 is 5.11 Å². The molecule has 1 unspecified atom stereocenters. The first-order valence-corrected chi connectivity index (χ1v) is 8.85. The highest BCUT2D eigenvalue weighted by Crippen LogP contribution is 2.38. The Morgan fingerprint density at radius 3 is 2.55 bits per heavy atom. The summed E-state index contributed by atoms with van der Waals surface area (Å²) in [6.07, 6.45) is -0.410. The molecule has 1 aliphatic heterocycles. The van der Waals surface area contributed by atoms with Crippen molar-refractivity contribution < 1.29 is 13.5 Å². The summed E-state index contributed by atoms with van der Waals surface area (Å²) in [6, 6.07) is 11.0. The van der Waals surface area contributed by atoms with Crippen molar-refractivity contribution in [3.05, 3.63) is 58.1 Å². The van der Waals surface area contributed by atoms with Crippen LogP contribution in [0.2, 0.25) is 10.0 Å². The van der Waals surface area contributed by atoms with Crippen molar-refractivity contribution in [2.75, 3.05) is 10.8 Å². The number of aliphatic hydroxyl groups is 1. The number of halogens is 2. The van der Waals surface area contributed by atoms with E-state index in [1.807, 2.05) is 0 Å². The lowest BCUT2D eigenvalue weighted by atomic mass is 10.0. The molecule has 0 saturated heterocycles. The molecule has 7 heteroatoms. The fraction of sp³-hybridized carbons (Fsp3) is 0.200. The molecular weight excluding hydrogens is 345 g/mol. The van der Waals surface area contributed by atoms with Gasteiger partial charge >= 0.3 is 0 Å². The Balaban J connectivity index is 2.12. The molecular formula is C15H13Cl2NO3S. The second kappa shape index (κ2) is 5.74. The van der Waals surface area contributed by atoms with Gasteiger partial charge in [0, 0.05) is 22.2 Å². The highest BCUT2D eigenvalue weighted by Gasteiger charge is 2.32. The molecule has 0 bridgehead atoms. The van der Waals surface area contributed by atoms with Crippen LogP contribution in [0.1, 0.15) is 18.1 Å². The molecule has 0 spiro atoms. The van der Waals surface area contributed by atoms with E-state index in [4.69, 9.17) is 23.2 Å². The molecule has 1 N–H and O–H groups in total. The number of nitrogens with zero attached hydrogens (tertiary/aromatic N) is 1. The lowest BCUT2D eigenvalue weighted by Gasteiger charge is -2.33. The van der Waals surface area contributed by atoms with E-state index in [1.54, 1.807) is 30.3 Å². The van der Waals surface area contributed by atoms with Crippen LogP contribution in [0, 0.1) is 0 Å². The SMILES string of the molecule is O=S(=O)(c1cccc(Cl)c1)N1CCC(O)c2cc(Cl)ccc21. The van der Waals surface area contributed by atoms with Crippen LogP contribution < -0.4 is 4.31 Å². The Labute approximate surface area is 138 Å². The predicted molar refractivity (Wildman–Crippen MR) is 87.0 cm³/mol. The van der Waals surface area contributed by atoms with Crippen molar-refractivity contribution in [1.82, 2.24) is 0 Å². The van der Waals surface area contributed by atoms with Crippen LogP contribution in [0.5, 0.6) is 0 Å². The van der Waals surface area contributed by atoms with E-state index in [9.17, 15) is 13.5 Å². The first kappa shape index (κ1) is 15.6. The van der Waals surface area contributed by atoms with Gasteiger partial charge in [-0.2, -0.15) is 0 Å². The number of anilines is 1. The molecule has 0 radical (unpaired) electrons. The minimum atomic E-state index is -3.74. The zero-order valence-corrected chi connectivity index (χ0v) is 13.7. The number of rotatable bonds is 2. The fourth-order valence-electron chi connectivity index (χ4n) is 2.54. The summed E-state index contributed by atoms with van der Waals surface area (Å²) in [7, 11) is -3.74. The Morgan fingerprint density at radius 2 is 1.82 bits per heavy atom. The maximum atomic E-state index is 12.8. The second-order valence-corrected chi connectivity index (χ2v) is 7.78. The zero-order chi connectivity index (χ0) is 15.9. The Kier molecular flexibility index (Phi) is 4.07. The Morgan fingerprint density at radius 1 is 1.09 bits per heavy atom. The van der Waals surface area contributed by atoms with Crippen molar-refractivity contribution in [2.24, 2.45) is 0 Å². The van der Waals surface area contributed by atoms with Gasteiger partial charge in [-0.25, -0.2) is 8.42 Å². The minimum absolute atomic E-state index is 0.122. The summed E-state index contributed by atoms with van der Waals surface area (Å²) in [5.74, 6) is 0. The Bertz CT molecular complexity index is 823. The molecule has 2 aromatic carbocycles. The minimum Gasteiger partial charge on any atom is -0.388 e. The van der Waals surface area contributed by atoms with Gasteiger partial charge in [-0.3, -0.25) is 4.31 Å². The molecule has 2 aromatic rings. The van der Waals surface area contributed by atoms with Crippen LogP contribution >= 0.6 is 23.2 Å². The normalized spacial score (nSPS) is 18.1. The molecule has 116 valence electrons. The number of hydrogen-bond donors (Lipinski definition) is 1. The lowest BCUT2D eigenvalue weighted by Crippen LogP contribution is -2.36. The van der Waals surface area contributed by atoms with E-state index in [-0.39, 0.29) is 11.4 Å². The molecule has 3 rings (SSSR count). The molecule has 22 heavy (non-hydrogen) atoms. The molecule has 1 atom stereocenters. The van der Waals surface area contributed by atoms with Crippen LogP contribution in [0.3, 0.4) is 0 Å². The standard InChI is InChI=1S/C15H13Cl2NO3S/c16-10-2-1-3-12(8-10)22(20,21)18-7-6-15(19)13-9-11(17)4-5-14(13)18/h1-5,8-9,15,19H,6-7H2. The zero-order valence-electron chi connectivity index (χ0n) is 11.4. The second-order valence-electron chi connectivity index (χ2n) is 5.04. The molecule has 1 heterocycles. The third kappa shape index (κ3) is 2.70. The smallest absolute Gasteiger partial charge is 0.264 e. The van der Waals surface area contributed by atoms with Gasteiger partial charge in [0.25, 0.3) is 10.0 Å². The van der Waals surface area contributed by atoms with Crippen molar-refractivity contribution in [3.8, 4) is 0 Å². The molecule has 0 fully saturated rings. The molecule has 4 nitrogen and oxygen atoms in total. The average molecular weight is 358 g/mol. The summed E-state index contributed by atoms with van der Waals surface area (Å²) in [4.78, 5) is 0.122. The van der Waals surface area contributed by atoms with Crippen LogP contribution in [-0.4, -0.2) is 20.1 Å². The van der Waals surface area contributed by atoms with Gasteiger partial charge in [-0.1, -0.05) is 29.3 Å². The quantitative estimate of drug-likeness (QED) is 0.892. The molecule has 1 aliphatic rings. The van der Waals surface area contributed by atoms with Gasteiger partial charge in [-0.05, 0) is 42.8 Å². The molecule has 0 aromatic heterocycles. The number of sulfonamides is 1. The van der Waals surface area contributed by atoms with Gasteiger partial charge in [0.2, 0.25) is 0 Å². The maximum absolute atomic E-state index is 12.8. The molecule has 0 amide bonds. The maximum Gasteiger partial charge on any atom is 0.264 e. The Hall–Kier alpha value is -1.27. The van der Waals surface area contributed by atoms with Gasteiger partial charge in [0.15, 0.2) is 0 Å². The van der Waals surface area contributed by atoms with E-state index in [0.29, 0.717) is 27.7 Å². The van der Waals surface area contributed by atoms with Crippen LogP contribution in [0.25, 0.3) is 0 Å². The summed E-state index contributed by atoms with van der Waals surface area (Å²) in [6.45, 7) is 0.199. The average Bonchev–Trinajstić information content (AvgIpc) is 2.48. The van der Waals surface area contributed by atoms with Gasteiger partial charge in [0.1, 0.15) is 0 Å². The summed E-state index contributed by atoms with van der Waals surface area (Å²) >= 11 is 11.8. The van der Waals surface area contributed by atoms with E-state index in [2.05, 4.69) is 0 Å². The van der Waals surface area contributed by atoms with E-state index < -0.39 is 16.1 Å². The summed E-state index contributed by atoms with van der Waals surface area (Å²) < 4.78 is 27.0. The topological polar surface area (TPSA) is 57.6 Å². The number of fused-ring (bicyclic) bond motifs is 1. The van der Waals surface area contributed by atoms with Crippen molar-refractivity contribution in [3.63, 3.8) is 0 Å².